The second-order valence-electron chi connectivity index (χ2n) is 4.83. The molecule has 0 radical (unpaired) electrons. The van der Waals surface area contributed by atoms with Crippen LogP contribution in [0.15, 0.2) is 35.7 Å². The summed E-state index contributed by atoms with van der Waals surface area (Å²) in [7, 11) is 0. The van der Waals surface area contributed by atoms with Crippen LogP contribution in [0.25, 0.3) is 0 Å². The van der Waals surface area contributed by atoms with Crippen LogP contribution >= 0.6 is 11.3 Å². The molecule has 0 aliphatic carbocycles. The molecule has 1 aromatic carbocycles. The largest absolute Gasteiger partial charge is 0.389 e. The predicted octanol–water partition coefficient (Wildman–Crippen LogP) is 3.69. The van der Waals surface area contributed by atoms with Crippen LogP contribution in [0.2, 0.25) is 0 Å². The van der Waals surface area contributed by atoms with Gasteiger partial charge in [0, 0.05) is 10.6 Å². The van der Waals surface area contributed by atoms with Crippen LogP contribution in [0.1, 0.15) is 36.0 Å². The fourth-order valence-corrected chi connectivity index (χ4v) is 2.93. The molecule has 2 amide bonds. The van der Waals surface area contributed by atoms with Gasteiger partial charge in [0.05, 0.1) is 12.6 Å². The predicted molar refractivity (Wildman–Crippen MR) is 86.6 cm³/mol. The fourth-order valence-electron chi connectivity index (χ4n) is 2.02. The first-order valence-electron chi connectivity index (χ1n) is 6.98. The van der Waals surface area contributed by atoms with E-state index in [0.717, 1.165) is 12.0 Å². The van der Waals surface area contributed by atoms with Gasteiger partial charge in [-0.05, 0) is 48.1 Å². The topological polar surface area (TPSA) is 61.4 Å². The summed E-state index contributed by atoms with van der Waals surface area (Å²) in [5, 5.41) is 17.1. The second kappa shape index (κ2) is 7.24. The summed E-state index contributed by atoms with van der Waals surface area (Å²) in [5.41, 5.74) is 2.81. The first-order chi connectivity index (χ1) is 10.1. The Bertz CT molecular complexity index is 591. The van der Waals surface area contributed by atoms with Gasteiger partial charge in [0.15, 0.2) is 0 Å². The van der Waals surface area contributed by atoms with Gasteiger partial charge < -0.3 is 15.7 Å². The lowest BCUT2D eigenvalue weighted by Gasteiger charge is -2.09. The number of amides is 2. The van der Waals surface area contributed by atoms with Crippen molar-refractivity contribution in [1.29, 1.82) is 0 Å². The minimum Gasteiger partial charge on any atom is -0.389 e. The van der Waals surface area contributed by atoms with Crippen molar-refractivity contribution < 1.29 is 9.90 Å². The third kappa shape index (κ3) is 4.31. The SMILES string of the molecule is CCc1ccsc1CNC(=O)Nc1ccc(C(C)O)cc1. The van der Waals surface area contributed by atoms with Gasteiger partial charge in [0.1, 0.15) is 0 Å². The third-order valence-electron chi connectivity index (χ3n) is 3.28. The van der Waals surface area contributed by atoms with Crippen LogP contribution < -0.4 is 10.6 Å². The number of aryl methyl sites for hydroxylation is 1. The second-order valence-corrected chi connectivity index (χ2v) is 5.83. The third-order valence-corrected chi connectivity index (χ3v) is 4.24. The van der Waals surface area contributed by atoms with E-state index in [1.807, 2.05) is 5.38 Å². The molecule has 5 heteroatoms. The number of benzene rings is 1. The van der Waals surface area contributed by atoms with Crippen LogP contribution in [0.5, 0.6) is 0 Å². The van der Waals surface area contributed by atoms with E-state index in [1.165, 1.54) is 10.4 Å². The Morgan fingerprint density at radius 2 is 2.00 bits per heavy atom. The molecular weight excluding hydrogens is 284 g/mol. The standard InChI is InChI=1S/C16H20N2O2S/c1-3-12-8-9-21-15(12)10-17-16(20)18-14-6-4-13(5-7-14)11(2)19/h4-9,11,19H,3,10H2,1-2H3,(H2,17,18,20). The highest BCUT2D eigenvalue weighted by atomic mass is 32.1. The number of aliphatic hydroxyl groups is 1. The van der Waals surface area contributed by atoms with Crippen LogP contribution in [-0.2, 0) is 13.0 Å². The first-order valence-corrected chi connectivity index (χ1v) is 7.86. The van der Waals surface area contributed by atoms with E-state index in [9.17, 15) is 9.90 Å². The fraction of sp³-hybridized carbons (Fsp3) is 0.312. The summed E-state index contributed by atoms with van der Waals surface area (Å²) < 4.78 is 0. The summed E-state index contributed by atoms with van der Waals surface area (Å²) in [5.74, 6) is 0. The molecule has 0 saturated heterocycles. The molecule has 0 aliphatic heterocycles. The molecule has 21 heavy (non-hydrogen) atoms. The zero-order valence-corrected chi connectivity index (χ0v) is 13.0. The molecule has 1 unspecified atom stereocenters. The van der Waals surface area contributed by atoms with E-state index in [4.69, 9.17) is 0 Å². The smallest absolute Gasteiger partial charge is 0.319 e. The van der Waals surface area contributed by atoms with Gasteiger partial charge in [-0.1, -0.05) is 19.1 Å². The van der Waals surface area contributed by atoms with Crippen LogP contribution in [0, 0.1) is 0 Å². The number of nitrogens with one attached hydrogen (secondary N) is 2. The van der Waals surface area contributed by atoms with Gasteiger partial charge >= 0.3 is 6.03 Å². The summed E-state index contributed by atoms with van der Waals surface area (Å²) in [6, 6.07) is 9.03. The average Bonchev–Trinajstić information content (AvgIpc) is 2.93. The van der Waals surface area contributed by atoms with E-state index in [1.54, 1.807) is 42.5 Å². The number of anilines is 1. The van der Waals surface area contributed by atoms with Gasteiger partial charge in [0.2, 0.25) is 0 Å². The van der Waals surface area contributed by atoms with Gasteiger partial charge in [-0.25, -0.2) is 4.79 Å². The zero-order valence-electron chi connectivity index (χ0n) is 12.2. The maximum absolute atomic E-state index is 11.9. The Hall–Kier alpha value is -1.85. The van der Waals surface area contributed by atoms with Crippen molar-refractivity contribution in [3.63, 3.8) is 0 Å². The Morgan fingerprint density at radius 1 is 1.29 bits per heavy atom. The average molecular weight is 304 g/mol. The molecule has 0 spiro atoms. The van der Waals surface area contributed by atoms with Crippen molar-refractivity contribution in [3.05, 3.63) is 51.7 Å². The summed E-state index contributed by atoms with van der Waals surface area (Å²) in [4.78, 5) is 13.1. The Kier molecular flexibility index (Phi) is 5.36. The first kappa shape index (κ1) is 15.5. The molecule has 1 atom stereocenters. The lowest BCUT2D eigenvalue weighted by Crippen LogP contribution is -2.28. The van der Waals surface area contributed by atoms with E-state index in [0.29, 0.717) is 12.2 Å². The zero-order chi connectivity index (χ0) is 15.2. The van der Waals surface area contributed by atoms with Crippen molar-refractivity contribution in [1.82, 2.24) is 5.32 Å². The lowest BCUT2D eigenvalue weighted by molar-refractivity contribution is 0.199. The number of hydrogen-bond acceptors (Lipinski definition) is 3. The molecule has 1 heterocycles. The van der Waals surface area contributed by atoms with Gasteiger partial charge in [-0.15, -0.1) is 11.3 Å². The molecule has 0 saturated carbocycles. The van der Waals surface area contributed by atoms with Crippen molar-refractivity contribution >= 4 is 23.1 Å². The Labute approximate surface area is 128 Å². The quantitative estimate of drug-likeness (QED) is 0.789. The monoisotopic (exact) mass is 304 g/mol. The minimum absolute atomic E-state index is 0.227. The molecule has 3 N–H and O–H groups in total. The number of thiophene rings is 1. The molecule has 1 aromatic heterocycles. The normalized spacial score (nSPS) is 12.0. The highest BCUT2D eigenvalue weighted by Crippen LogP contribution is 2.17. The molecule has 112 valence electrons. The Balaban J connectivity index is 1.87. The molecule has 2 rings (SSSR count). The van der Waals surface area contributed by atoms with Crippen LogP contribution in [0.3, 0.4) is 0 Å². The minimum atomic E-state index is -0.501. The van der Waals surface area contributed by atoms with Gasteiger partial charge in [-0.2, -0.15) is 0 Å². The summed E-state index contributed by atoms with van der Waals surface area (Å²) >= 11 is 1.66. The van der Waals surface area contributed by atoms with Crippen molar-refractivity contribution in [2.75, 3.05) is 5.32 Å². The molecule has 0 fully saturated rings. The molecule has 0 bridgehead atoms. The van der Waals surface area contributed by atoms with Gasteiger partial charge in [0.25, 0.3) is 0 Å². The van der Waals surface area contributed by atoms with E-state index in [-0.39, 0.29) is 6.03 Å². The van der Waals surface area contributed by atoms with E-state index >= 15 is 0 Å². The number of rotatable bonds is 5. The highest BCUT2D eigenvalue weighted by molar-refractivity contribution is 7.10. The Morgan fingerprint density at radius 3 is 2.62 bits per heavy atom. The highest BCUT2D eigenvalue weighted by Gasteiger charge is 2.06. The molecule has 0 aliphatic rings. The number of aliphatic hydroxyl groups excluding tert-OH is 1. The molecule has 2 aromatic rings. The van der Waals surface area contributed by atoms with Crippen molar-refractivity contribution in [2.24, 2.45) is 0 Å². The van der Waals surface area contributed by atoms with Crippen LogP contribution in [0.4, 0.5) is 10.5 Å². The van der Waals surface area contributed by atoms with Crippen LogP contribution in [-0.4, -0.2) is 11.1 Å². The molecule has 4 nitrogen and oxygen atoms in total. The summed E-state index contributed by atoms with van der Waals surface area (Å²) in [6.07, 6.45) is 0.474. The maximum atomic E-state index is 11.9. The number of hydrogen-bond donors (Lipinski definition) is 3. The van der Waals surface area contributed by atoms with Crippen molar-refractivity contribution in [2.45, 2.75) is 32.9 Å². The lowest BCUT2D eigenvalue weighted by atomic mass is 10.1. The van der Waals surface area contributed by atoms with E-state index in [2.05, 4.69) is 23.6 Å². The number of carbonyl (C=O) groups is 1. The number of urea groups is 1. The molecular formula is C16H20N2O2S. The number of carbonyl (C=O) groups excluding carboxylic acids is 1. The van der Waals surface area contributed by atoms with Gasteiger partial charge in [-0.3, -0.25) is 0 Å². The summed E-state index contributed by atoms with van der Waals surface area (Å²) in [6.45, 7) is 4.36. The van der Waals surface area contributed by atoms with E-state index < -0.39 is 6.10 Å². The van der Waals surface area contributed by atoms with Crippen molar-refractivity contribution in [3.8, 4) is 0 Å². The maximum Gasteiger partial charge on any atom is 0.319 e.